The van der Waals surface area contributed by atoms with E-state index in [1.54, 1.807) is 5.57 Å². The lowest BCUT2D eigenvalue weighted by Gasteiger charge is -2.61. The third kappa shape index (κ3) is 4.27. The first kappa shape index (κ1) is 24.8. The third-order valence-corrected chi connectivity index (χ3v) is 11.5. The highest BCUT2D eigenvalue weighted by Crippen LogP contribution is 2.68. The number of rotatable bonds is 8. The summed E-state index contributed by atoms with van der Waals surface area (Å²) in [5.74, 6) is 6.09. The first-order valence-electron chi connectivity index (χ1n) is 14.6. The van der Waals surface area contributed by atoms with Gasteiger partial charge in [0.05, 0.1) is 6.10 Å². The summed E-state index contributed by atoms with van der Waals surface area (Å²) in [6, 6.07) is 0. The maximum absolute atomic E-state index is 10.7. The van der Waals surface area contributed by atoms with Crippen molar-refractivity contribution in [1.29, 1.82) is 0 Å². The molecule has 1 nitrogen and oxygen atoms in total. The maximum Gasteiger partial charge on any atom is 0.0580 e. The molecule has 1 N–H and O–H groups in total. The Morgan fingerprint density at radius 1 is 1.03 bits per heavy atom. The maximum atomic E-state index is 10.7. The molecule has 3 saturated carbocycles. The van der Waals surface area contributed by atoms with Gasteiger partial charge in [-0.05, 0) is 104 Å². The van der Waals surface area contributed by atoms with E-state index in [0.29, 0.717) is 16.7 Å². The number of aliphatic hydroxyl groups excluding tert-OH is 1. The minimum atomic E-state index is -0.0934. The molecule has 0 bridgehead atoms. The van der Waals surface area contributed by atoms with Crippen LogP contribution < -0.4 is 0 Å². The second kappa shape index (κ2) is 9.75. The van der Waals surface area contributed by atoms with Crippen molar-refractivity contribution < 1.29 is 5.11 Å². The molecule has 1 heteroatoms. The van der Waals surface area contributed by atoms with E-state index in [1.807, 2.05) is 0 Å². The van der Waals surface area contributed by atoms with Crippen molar-refractivity contribution in [2.24, 2.45) is 52.3 Å². The molecule has 4 aliphatic carbocycles. The van der Waals surface area contributed by atoms with E-state index in [4.69, 9.17) is 0 Å². The Labute approximate surface area is 200 Å². The predicted molar refractivity (Wildman–Crippen MR) is 137 cm³/mol. The van der Waals surface area contributed by atoms with Crippen LogP contribution in [0.2, 0.25) is 0 Å². The SMILES string of the molecule is CCCCC1CC(O)CC2=CC[C@H]3[C@@H]4CC[C@H]([C@H](C)CCCC(C)C)[C@@]4(C)CC[C@@H]3[C@]21C. The van der Waals surface area contributed by atoms with Gasteiger partial charge in [0.15, 0.2) is 0 Å². The topological polar surface area (TPSA) is 20.2 Å². The van der Waals surface area contributed by atoms with Crippen LogP contribution in [0.4, 0.5) is 0 Å². The van der Waals surface area contributed by atoms with E-state index in [-0.39, 0.29) is 6.10 Å². The normalized spacial score (nSPS) is 44.6. The van der Waals surface area contributed by atoms with Gasteiger partial charge in [-0.1, -0.05) is 85.3 Å². The van der Waals surface area contributed by atoms with Gasteiger partial charge in [0, 0.05) is 0 Å². The van der Waals surface area contributed by atoms with Gasteiger partial charge in [0.1, 0.15) is 0 Å². The first-order chi connectivity index (χ1) is 15.2. The summed E-state index contributed by atoms with van der Waals surface area (Å²) < 4.78 is 0. The van der Waals surface area contributed by atoms with Crippen molar-refractivity contribution in [2.45, 2.75) is 131 Å². The second-order valence-corrected chi connectivity index (χ2v) is 13.6. The fraction of sp³-hybridized carbons (Fsp3) is 0.935. The minimum absolute atomic E-state index is 0.0934. The highest BCUT2D eigenvalue weighted by Gasteiger charge is 2.60. The molecule has 184 valence electrons. The fourth-order valence-corrected chi connectivity index (χ4v) is 9.77. The number of hydrogen-bond donors (Lipinski definition) is 1. The Balaban J connectivity index is 1.53. The molecule has 2 unspecified atom stereocenters. The van der Waals surface area contributed by atoms with Crippen molar-refractivity contribution in [3.63, 3.8) is 0 Å². The first-order valence-corrected chi connectivity index (χ1v) is 14.6. The van der Waals surface area contributed by atoms with Crippen LogP contribution in [0.1, 0.15) is 125 Å². The van der Waals surface area contributed by atoms with Gasteiger partial charge < -0.3 is 5.11 Å². The van der Waals surface area contributed by atoms with E-state index in [9.17, 15) is 5.11 Å². The molecule has 0 aliphatic heterocycles. The zero-order valence-corrected chi connectivity index (χ0v) is 22.3. The van der Waals surface area contributed by atoms with E-state index >= 15 is 0 Å². The van der Waals surface area contributed by atoms with Crippen molar-refractivity contribution in [1.82, 2.24) is 0 Å². The third-order valence-electron chi connectivity index (χ3n) is 11.5. The summed E-state index contributed by atoms with van der Waals surface area (Å²) >= 11 is 0. The molecule has 0 aromatic carbocycles. The van der Waals surface area contributed by atoms with Crippen molar-refractivity contribution in [2.75, 3.05) is 0 Å². The summed E-state index contributed by atoms with van der Waals surface area (Å²) in [5.41, 5.74) is 2.59. The molecule has 0 aromatic heterocycles. The van der Waals surface area contributed by atoms with Crippen LogP contribution in [0.3, 0.4) is 0 Å². The number of aliphatic hydroxyl groups is 1. The van der Waals surface area contributed by atoms with Crippen LogP contribution in [0.5, 0.6) is 0 Å². The Bertz CT molecular complexity index is 663. The molecule has 0 spiro atoms. The van der Waals surface area contributed by atoms with E-state index in [1.165, 1.54) is 70.6 Å². The van der Waals surface area contributed by atoms with Gasteiger partial charge >= 0.3 is 0 Å². The van der Waals surface area contributed by atoms with Gasteiger partial charge in [-0.15, -0.1) is 0 Å². The second-order valence-electron chi connectivity index (χ2n) is 13.6. The Morgan fingerprint density at radius 3 is 2.53 bits per heavy atom. The largest absolute Gasteiger partial charge is 0.393 e. The summed E-state index contributed by atoms with van der Waals surface area (Å²) in [4.78, 5) is 0. The van der Waals surface area contributed by atoms with Gasteiger partial charge in [-0.2, -0.15) is 0 Å². The Kier molecular flexibility index (Phi) is 7.56. The Hall–Kier alpha value is -0.300. The van der Waals surface area contributed by atoms with E-state index < -0.39 is 0 Å². The molecule has 0 radical (unpaired) electrons. The van der Waals surface area contributed by atoms with Gasteiger partial charge in [0.25, 0.3) is 0 Å². The number of allylic oxidation sites excluding steroid dienone is 1. The van der Waals surface area contributed by atoms with Crippen LogP contribution in [-0.2, 0) is 0 Å². The lowest BCUT2D eigenvalue weighted by atomic mass is 9.44. The van der Waals surface area contributed by atoms with Crippen molar-refractivity contribution >= 4 is 0 Å². The van der Waals surface area contributed by atoms with Crippen LogP contribution in [0.25, 0.3) is 0 Å². The van der Waals surface area contributed by atoms with Crippen LogP contribution >= 0.6 is 0 Å². The van der Waals surface area contributed by atoms with E-state index in [0.717, 1.165) is 48.3 Å². The molecular weight excluding hydrogens is 388 g/mol. The van der Waals surface area contributed by atoms with Gasteiger partial charge in [0.2, 0.25) is 0 Å². The van der Waals surface area contributed by atoms with Crippen molar-refractivity contribution in [3.8, 4) is 0 Å². The summed E-state index contributed by atoms with van der Waals surface area (Å²) in [7, 11) is 0. The molecule has 0 aromatic rings. The van der Waals surface area contributed by atoms with E-state index in [2.05, 4.69) is 47.6 Å². The highest BCUT2D eigenvalue weighted by molar-refractivity contribution is 5.27. The number of fused-ring (bicyclic) bond motifs is 5. The molecule has 4 rings (SSSR count). The quantitative estimate of drug-likeness (QED) is 0.372. The monoisotopic (exact) mass is 442 g/mol. The highest BCUT2D eigenvalue weighted by atomic mass is 16.3. The summed E-state index contributed by atoms with van der Waals surface area (Å²) in [5, 5.41) is 10.7. The van der Waals surface area contributed by atoms with Crippen LogP contribution in [0.15, 0.2) is 11.6 Å². The summed E-state index contributed by atoms with van der Waals surface area (Å²) in [6.45, 7) is 15.0. The molecule has 9 atom stereocenters. The average Bonchev–Trinajstić information content (AvgIpc) is 3.09. The number of unbranched alkanes of at least 4 members (excludes halogenated alkanes) is 1. The van der Waals surface area contributed by atoms with Gasteiger partial charge in [-0.25, -0.2) is 0 Å². The smallest absolute Gasteiger partial charge is 0.0580 e. The van der Waals surface area contributed by atoms with Crippen LogP contribution in [0, 0.1) is 52.3 Å². The molecule has 32 heavy (non-hydrogen) atoms. The average molecular weight is 443 g/mol. The molecule has 3 fully saturated rings. The molecule has 4 aliphatic rings. The number of hydrogen-bond acceptors (Lipinski definition) is 1. The minimum Gasteiger partial charge on any atom is -0.393 e. The summed E-state index contributed by atoms with van der Waals surface area (Å²) in [6.07, 6.45) is 19.9. The fourth-order valence-electron chi connectivity index (χ4n) is 9.77. The zero-order chi connectivity index (χ0) is 23.1. The molecular formula is C31H54O. The Morgan fingerprint density at radius 2 is 1.81 bits per heavy atom. The molecule has 0 amide bonds. The molecule has 0 saturated heterocycles. The predicted octanol–water partition coefficient (Wildman–Crippen LogP) is 8.81. The standard InChI is InChI=1S/C31H54O/c1-7-8-12-23-19-25(32)20-24-13-14-26-28-16-15-27(22(4)11-9-10-21(2)3)30(28,5)18-17-29(26)31(23,24)6/h13,21-23,25-29,32H,7-12,14-20H2,1-6H3/t22-,23?,25?,26+,27-,28+,29+,30-,31+/m1/s1. The lowest BCUT2D eigenvalue weighted by molar-refractivity contribution is -0.0809. The van der Waals surface area contributed by atoms with Crippen molar-refractivity contribution in [3.05, 3.63) is 11.6 Å². The van der Waals surface area contributed by atoms with Crippen LogP contribution in [-0.4, -0.2) is 11.2 Å². The lowest BCUT2D eigenvalue weighted by Crippen LogP contribution is -2.53. The zero-order valence-electron chi connectivity index (χ0n) is 22.3. The van der Waals surface area contributed by atoms with Gasteiger partial charge in [-0.3, -0.25) is 0 Å². The molecule has 0 heterocycles.